The Labute approximate surface area is 78.1 Å². The maximum atomic E-state index is 5.14. The molecule has 12 heavy (non-hydrogen) atoms. The van der Waals surface area contributed by atoms with Gasteiger partial charge in [0, 0.05) is 0 Å². The summed E-state index contributed by atoms with van der Waals surface area (Å²) in [7, 11) is 0. The van der Waals surface area contributed by atoms with Gasteiger partial charge in [-0.1, -0.05) is 34.1 Å². The average molecular weight is 174 g/mol. The van der Waals surface area contributed by atoms with Crippen molar-refractivity contribution in [2.24, 2.45) is 5.73 Å². The lowest BCUT2D eigenvalue weighted by Crippen LogP contribution is -2.21. The van der Waals surface area contributed by atoms with Gasteiger partial charge in [-0.25, -0.2) is 0 Å². The minimum atomic E-state index is 0.844. The van der Waals surface area contributed by atoms with E-state index in [0.29, 0.717) is 0 Å². The monoisotopic (exact) mass is 174 g/mol. The Bertz CT molecular complexity index is 53.3. The van der Waals surface area contributed by atoms with Crippen LogP contribution in [-0.2, 0) is 0 Å². The molecule has 0 heterocycles. The fourth-order valence-corrected chi connectivity index (χ4v) is 0.875. The molecule has 0 amide bonds. The van der Waals surface area contributed by atoms with Crippen LogP contribution in [0.15, 0.2) is 0 Å². The van der Waals surface area contributed by atoms with Gasteiger partial charge >= 0.3 is 0 Å². The van der Waals surface area contributed by atoms with Crippen molar-refractivity contribution in [3.05, 3.63) is 0 Å². The second kappa shape index (κ2) is 13.5. The highest BCUT2D eigenvalue weighted by Crippen LogP contribution is 1.81. The van der Waals surface area contributed by atoms with Crippen molar-refractivity contribution in [1.29, 1.82) is 0 Å². The van der Waals surface area contributed by atoms with Crippen LogP contribution < -0.4 is 5.73 Å². The fourth-order valence-electron chi connectivity index (χ4n) is 0.875. The summed E-state index contributed by atoms with van der Waals surface area (Å²) < 4.78 is 0. The van der Waals surface area contributed by atoms with Crippen molar-refractivity contribution in [3.8, 4) is 0 Å². The van der Waals surface area contributed by atoms with Crippen molar-refractivity contribution in [2.75, 3.05) is 26.2 Å². The highest BCUT2D eigenvalue weighted by Gasteiger charge is 1.89. The van der Waals surface area contributed by atoms with Gasteiger partial charge < -0.3 is 10.6 Å². The Morgan fingerprint density at radius 2 is 1.33 bits per heavy atom. The van der Waals surface area contributed by atoms with E-state index in [9.17, 15) is 0 Å². The van der Waals surface area contributed by atoms with Crippen LogP contribution in [-0.4, -0.2) is 31.1 Å². The SMILES string of the molecule is CCCCN.CCN(CC)CC. The molecule has 0 atom stereocenters. The van der Waals surface area contributed by atoms with Gasteiger partial charge in [-0.2, -0.15) is 0 Å². The minimum Gasteiger partial charge on any atom is -0.330 e. The van der Waals surface area contributed by atoms with E-state index in [0.717, 1.165) is 6.54 Å². The summed E-state index contributed by atoms with van der Waals surface area (Å²) in [5.41, 5.74) is 5.14. The summed E-state index contributed by atoms with van der Waals surface area (Å²) >= 11 is 0. The Morgan fingerprint density at radius 1 is 0.917 bits per heavy atom. The lowest BCUT2D eigenvalue weighted by molar-refractivity contribution is 0.321. The molecule has 0 rings (SSSR count). The largest absolute Gasteiger partial charge is 0.330 e. The Kier molecular flexibility index (Phi) is 16.3. The molecule has 2 heteroatoms. The zero-order valence-corrected chi connectivity index (χ0v) is 9.27. The van der Waals surface area contributed by atoms with E-state index in [-0.39, 0.29) is 0 Å². The van der Waals surface area contributed by atoms with E-state index >= 15 is 0 Å². The molecule has 0 aliphatic heterocycles. The van der Waals surface area contributed by atoms with E-state index in [1.807, 2.05) is 0 Å². The predicted molar refractivity (Wildman–Crippen MR) is 57.4 cm³/mol. The number of unbranched alkanes of at least 4 members (excludes halogenated alkanes) is 1. The van der Waals surface area contributed by atoms with Gasteiger partial charge in [0.2, 0.25) is 0 Å². The predicted octanol–water partition coefficient (Wildman–Crippen LogP) is 2.09. The first-order valence-electron chi connectivity index (χ1n) is 5.19. The normalized spacial score (nSPS) is 9.50. The van der Waals surface area contributed by atoms with Crippen molar-refractivity contribution in [3.63, 3.8) is 0 Å². The molecule has 2 nitrogen and oxygen atoms in total. The average Bonchev–Trinajstić information content (AvgIpc) is 2.10. The maximum Gasteiger partial charge on any atom is -0.00474 e. The van der Waals surface area contributed by atoms with Gasteiger partial charge in [0.1, 0.15) is 0 Å². The molecule has 0 fully saturated rings. The summed E-state index contributed by atoms with van der Waals surface area (Å²) in [4.78, 5) is 2.38. The van der Waals surface area contributed by atoms with Gasteiger partial charge in [0.15, 0.2) is 0 Å². The second-order valence-electron chi connectivity index (χ2n) is 2.76. The van der Waals surface area contributed by atoms with E-state index < -0.39 is 0 Å². The van der Waals surface area contributed by atoms with Crippen LogP contribution in [0.2, 0.25) is 0 Å². The van der Waals surface area contributed by atoms with E-state index in [2.05, 4.69) is 32.6 Å². The highest BCUT2D eigenvalue weighted by atomic mass is 15.1. The molecule has 0 saturated carbocycles. The van der Waals surface area contributed by atoms with Crippen LogP contribution in [0.25, 0.3) is 0 Å². The molecular formula is C10H26N2. The molecule has 2 N–H and O–H groups in total. The quantitative estimate of drug-likeness (QED) is 0.691. The van der Waals surface area contributed by atoms with Crippen molar-refractivity contribution >= 4 is 0 Å². The highest BCUT2D eigenvalue weighted by molar-refractivity contribution is 4.43. The number of hydrogen-bond acceptors (Lipinski definition) is 2. The summed E-state index contributed by atoms with van der Waals surface area (Å²) in [5, 5.41) is 0. The van der Waals surface area contributed by atoms with Crippen molar-refractivity contribution in [1.82, 2.24) is 4.90 Å². The summed E-state index contributed by atoms with van der Waals surface area (Å²) in [6.45, 7) is 13.1. The zero-order chi connectivity index (χ0) is 9.82. The summed E-state index contributed by atoms with van der Waals surface area (Å²) in [6.07, 6.45) is 2.39. The smallest absolute Gasteiger partial charge is 0.00474 e. The first-order valence-corrected chi connectivity index (χ1v) is 5.19. The number of rotatable bonds is 5. The van der Waals surface area contributed by atoms with Crippen LogP contribution in [0.5, 0.6) is 0 Å². The zero-order valence-electron chi connectivity index (χ0n) is 9.27. The third kappa shape index (κ3) is 12.6. The molecule has 0 unspecified atom stereocenters. The van der Waals surface area contributed by atoms with E-state index in [4.69, 9.17) is 5.73 Å². The Balaban J connectivity index is 0. The van der Waals surface area contributed by atoms with Crippen LogP contribution in [0, 0.1) is 0 Å². The topological polar surface area (TPSA) is 29.3 Å². The fraction of sp³-hybridized carbons (Fsp3) is 1.00. The molecule has 0 saturated heterocycles. The number of hydrogen-bond donors (Lipinski definition) is 1. The molecule has 0 aromatic rings. The summed E-state index contributed by atoms with van der Waals surface area (Å²) in [5.74, 6) is 0. The third-order valence-corrected chi connectivity index (χ3v) is 1.90. The molecule has 0 aromatic carbocycles. The van der Waals surface area contributed by atoms with Gasteiger partial charge in [-0.05, 0) is 32.6 Å². The number of nitrogens with two attached hydrogens (primary N) is 1. The standard InChI is InChI=1S/C6H15N.C4H11N/c1-4-7(5-2)6-3;1-2-3-4-5/h4-6H2,1-3H3;2-5H2,1H3. The molecule has 0 bridgehead atoms. The number of nitrogens with zero attached hydrogens (tertiary/aromatic N) is 1. The maximum absolute atomic E-state index is 5.14. The first-order chi connectivity index (χ1) is 5.76. The molecule has 0 aliphatic carbocycles. The van der Waals surface area contributed by atoms with Crippen molar-refractivity contribution in [2.45, 2.75) is 40.5 Å². The van der Waals surface area contributed by atoms with E-state index in [1.54, 1.807) is 0 Å². The molecule has 0 radical (unpaired) electrons. The van der Waals surface area contributed by atoms with Gasteiger partial charge in [0.05, 0.1) is 0 Å². The molecule has 0 aromatic heterocycles. The van der Waals surface area contributed by atoms with Gasteiger partial charge in [0.25, 0.3) is 0 Å². The van der Waals surface area contributed by atoms with Crippen LogP contribution in [0.4, 0.5) is 0 Å². The lowest BCUT2D eigenvalue weighted by Gasteiger charge is -2.13. The van der Waals surface area contributed by atoms with E-state index in [1.165, 1.54) is 32.5 Å². The second-order valence-corrected chi connectivity index (χ2v) is 2.76. The third-order valence-electron chi connectivity index (χ3n) is 1.90. The Hall–Kier alpha value is -0.0800. The van der Waals surface area contributed by atoms with Crippen LogP contribution in [0.1, 0.15) is 40.5 Å². The van der Waals surface area contributed by atoms with Gasteiger partial charge in [-0.15, -0.1) is 0 Å². The lowest BCUT2D eigenvalue weighted by atomic mass is 10.3. The Morgan fingerprint density at radius 3 is 1.33 bits per heavy atom. The molecule has 76 valence electrons. The summed E-state index contributed by atoms with van der Waals surface area (Å²) in [6, 6.07) is 0. The van der Waals surface area contributed by atoms with Crippen molar-refractivity contribution < 1.29 is 0 Å². The molecule has 0 aliphatic rings. The van der Waals surface area contributed by atoms with Gasteiger partial charge in [-0.3, -0.25) is 0 Å². The van der Waals surface area contributed by atoms with Crippen LogP contribution in [0.3, 0.4) is 0 Å². The molecular weight excluding hydrogens is 148 g/mol. The minimum absolute atomic E-state index is 0.844. The molecule has 0 spiro atoms. The first kappa shape index (κ1) is 14.4. The van der Waals surface area contributed by atoms with Crippen LogP contribution >= 0.6 is 0 Å².